The van der Waals surface area contributed by atoms with Gasteiger partial charge in [0.25, 0.3) is 5.56 Å². The highest BCUT2D eigenvalue weighted by molar-refractivity contribution is 9.10. The third kappa shape index (κ3) is 2.00. The number of aromatic nitrogens is 2. The van der Waals surface area contributed by atoms with E-state index in [4.69, 9.17) is 6.57 Å². The molecule has 0 saturated heterocycles. The zero-order valence-corrected chi connectivity index (χ0v) is 14.4. The number of pyridine rings is 1. The Labute approximate surface area is 146 Å². The zero-order chi connectivity index (χ0) is 16.8. The summed E-state index contributed by atoms with van der Waals surface area (Å²) in [6.07, 6.45) is 0. The van der Waals surface area contributed by atoms with Crippen LogP contribution in [0.1, 0.15) is 0 Å². The largest absolute Gasteiger partial charge is 0.342 e. The second kappa shape index (κ2) is 5.36. The molecule has 0 fully saturated rings. The quantitative estimate of drug-likeness (QED) is 0.438. The summed E-state index contributed by atoms with van der Waals surface area (Å²) in [6, 6.07) is 17.0. The lowest BCUT2D eigenvalue weighted by molar-refractivity contribution is 0.990. The first-order valence-corrected chi connectivity index (χ1v) is 8.17. The molecule has 0 atom stereocenters. The van der Waals surface area contributed by atoms with Crippen LogP contribution in [0.2, 0.25) is 0 Å². The van der Waals surface area contributed by atoms with E-state index in [9.17, 15) is 4.79 Å². The van der Waals surface area contributed by atoms with Crippen molar-refractivity contribution in [2.75, 3.05) is 0 Å². The van der Waals surface area contributed by atoms with Crippen LogP contribution < -0.4 is 5.56 Å². The van der Waals surface area contributed by atoms with Crippen molar-refractivity contribution < 1.29 is 0 Å². The molecule has 0 N–H and O–H groups in total. The minimum absolute atomic E-state index is 0.116. The summed E-state index contributed by atoms with van der Waals surface area (Å²) < 4.78 is 4.30. The van der Waals surface area contributed by atoms with Gasteiger partial charge in [0.1, 0.15) is 0 Å². The number of rotatable bonds is 1. The van der Waals surface area contributed by atoms with Crippen LogP contribution in [0.15, 0.2) is 63.9 Å². The van der Waals surface area contributed by atoms with Gasteiger partial charge in [-0.2, -0.15) is 0 Å². The minimum Gasteiger partial charge on any atom is -0.342 e. The van der Waals surface area contributed by atoms with Gasteiger partial charge in [-0.1, -0.05) is 30.3 Å². The molecule has 0 aliphatic carbocycles. The Balaban J connectivity index is 2.21. The van der Waals surface area contributed by atoms with Crippen molar-refractivity contribution in [1.29, 1.82) is 0 Å². The fraction of sp³-hybridized carbons (Fsp3) is 0.0526. The van der Waals surface area contributed by atoms with E-state index in [0.717, 1.165) is 27.6 Å². The molecule has 2 aromatic carbocycles. The van der Waals surface area contributed by atoms with E-state index in [-0.39, 0.29) is 5.56 Å². The van der Waals surface area contributed by atoms with Crippen LogP contribution in [-0.2, 0) is 7.05 Å². The van der Waals surface area contributed by atoms with Crippen molar-refractivity contribution in [3.63, 3.8) is 0 Å². The van der Waals surface area contributed by atoms with E-state index in [1.807, 2.05) is 49.5 Å². The van der Waals surface area contributed by atoms with E-state index in [0.29, 0.717) is 10.2 Å². The van der Waals surface area contributed by atoms with Crippen molar-refractivity contribution in [3.8, 4) is 5.69 Å². The maximum absolute atomic E-state index is 12.8. The highest BCUT2D eigenvalue weighted by Gasteiger charge is 2.16. The monoisotopic (exact) mass is 377 g/mol. The molecule has 24 heavy (non-hydrogen) atoms. The molecule has 116 valence electrons. The van der Waals surface area contributed by atoms with Gasteiger partial charge in [0.2, 0.25) is 0 Å². The Morgan fingerprint density at radius 2 is 1.75 bits per heavy atom. The molecule has 4 rings (SSSR count). The number of halogens is 1. The van der Waals surface area contributed by atoms with Crippen LogP contribution in [0.5, 0.6) is 0 Å². The first-order valence-electron chi connectivity index (χ1n) is 7.38. The topological polar surface area (TPSA) is 31.3 Å². The smallest absolute Gasteiger partial charge is 0.270 e. The summed E-state index contributed by atoms with van der Waals surface area (Å²) in [5.74, 6) is 0. The van der Waals surface area contributed by atoms with Gasteiger partial charge in [-0.15, -0.1) is 0 Å². The standard InChI is InChI=1S/C19H12BrN3O/c1-21-12-7-9-13(10-8-12)23-18-14-5-3-4-6-16(14)22(2)17(18)11-15(20)19(23)24/h3-11H,2H3. The average Bonchev–Trinajstić information content (AvgIpc) is 2.89. The van der Waals surface area contributed by atoms with Crippen molar-refractivity contribution in [2.24, 2.45) is 7.05 Å². The molecule has 5 heteroatoms. The van der Waals surface area contributed by atoms with Crippen molar-refractivity contribution in [3.05, 3.63) is 80.8 Å². The van der Waals surface area contributed by atoms with E-state index >= 15 is 0 Å². The van der Waals surface area contributed by atoms with E-state index < -0.39 is 0 Å². The maximum Gasteiger partial charge on any atom is 0.270 e. The normalized spacial score (nSPS) is 11.0. The highest BCUT2D eigenvalue weighted by atomic mass is 79.9. The van der Waals surface area contributed by atoms with Gasteiger partial charge in [0, 0.05) is 18.1 Å². The van der Waals surface area contributed by atoms with Crippen LogP contribution >= 0.6 is 15.9 Å². The van der Waals surface area contributed by atoms with Crippen molar-refractivity contribution in [2.45, 2.75) is 0 Å². The molecule has 2 heterocycles. The summed E-state index contributed by atoms with van der Waals surface area (Å²) >= 11 is 3.39. The number of hydrogen-bond donors (Lipinski definition) is 0. The molecule has 0 spiro atoms. The molecule has 2 aromatic heterocycles. The van der Waals surface area contributed by atoms with Gasteiger partial charge in [-0.3, -0.25) is 9.36 Å². The Morgan fingerprint density at radius 3 is 2.46 bits per heavy atom. The van der Waals surface area contributed by atoms with E-state index in [1.54, 1.807) is 16.7 Å². The van der Waals surface area contributed by atoms with Crippen molar-refractivity contribution in [1.82, 2.24) is 9.13 Å². The third-order valence-electron chi connectivity index (χ3n) is 4.26. The first kappa shape index (κ1) is 14.7. The maximum atomic E-state index is 12.8. The minimum atomic E-state index is -0.116. The van der Waals surface area contributed by atoms with Crippen molar-refractivity contribution >= 4 is 43.6 Å². The number of fused-ring (bicyclic) bond motifs is 3. The SMILES string of the molecule is [C-]#[N+]c1ccc(-n2c(=O)c(Br)cc3c2c2ccccc2n3C)cc1. The molecule has 0 bridgehead atoms. The molecule has 0 unspecified atom stereocenters. The number of benzene rings is 2. The fourth-order valence-electron chi connectivity index (χ4n) is 3.11. The summed E-state index contributed by atoms with van der Waals surface area (Å²) in [7, 11) is 1.99. The fourth-order valence-corrected chi connectivity index (χ4v) is 3.50. The predicted octanol–water partition coefficient (Wildman–Crippen LogP) is 4.80. The lowest BCUT2D eigenvalue weighted by Gasteiger charge is -2.10. The molecule has 0 saturated carbocycles. The van der Waals surface area contributed by atoms with Crippen LogP contribution in [0.3, 0.4) is 0 Å². The van der Waals surface area contributed by atoms with Gasteiger partial charge in [0.15, 0.2) is 5.69 Å². The lowest BCUT2D eigenvalue weighted by atomic mass is 10.2. The molecular formula is C19H12BrN3O. The van der Waals surface area contributed by atoms with Crippen LogP contribution in [0, 0.1) is 6.57 Å². The summed E-state index contributed by atoms with van der Waals surface area (Å²) in [6.45, 7) is 7.08. The average molecular weight is 378 g/mol. The Kier molecular flexibility index (Phi) is 3.29. The Bertz CT molecular complexity index is 1190. The van der Waals surface area contributed by atoms with Crippen LogP contribution in [0.25, 0.3) is 32.5 Å². The number of nitrogens with zero attached hydrogens (tertiary/aromatic N) is 3. The number of hydrogen-bond acceptors (Lipinski definition) is 1. The van der Waals surface area contributed by atoms with E-state index in [1.165, 1.54) is 0 Å². The molecule has 0 amide bonds. The Morgan fingerprint density at radius 1 is 1.04 bits per heavy atom. The molecule has 4 aromatic rings. The summed E-state index contributed by atoms with van der Waals surface area (Å²) in [4.78, 5) is 16.2. The predicted molar refractivity (Wildman–Crippen MR) is 100.0 cm³/mol. The van der Waals surface area contributed by atoms with Gasteiger partial charge >= 0.3 is 0 Å². The van der Waals surface area contributed by atoms with E-state index in [2.05, 4.69) is 25.3 Å². The molecule has 0 aliphatic heterocycles. The molecule has 0 radical (unpaired) electrons. The van der Waals surface area contributed by atoms with Gasteiger partial charge in [-0.05, 0) is 40.2 Å². The first-order chi connectivity index (χ1) is 11.6. The molecule has 4 nitrogen and oxygen atoms in total. The molecule has 0 aliphatic rings. The lowest BCUT2D eigenvalue weighted by Crippen LogP contribution is -2.19. The number of aryl methyl sites for hydroxylation is 1. The number of para-hydroxylation sites is 1. The zero-order valence-electron chi connectivity index (χ0n) is 12.8. The second-order valence-electron chi connectivity index (χ2n) is 5.57. The Hall–Kier alpha value is -2.84. The summed E-state index contributed by atoms with van der Waals surface area (Å²) in [5, 5.41) is 1.02. The van der Waals surface area contributed by atoms with Gasteiger partial charge < -0.3 is 4.57 Å². The second-order valence-corrected chi connectivity index (χ2v) is 6.43. The molecular weight excluding hydrogens is 366 g/mol. The van der Waals surface area contributed by atoms with Crippen LogP contribution in [0.4, 0.5) is 5.69 Å². The van der Waals surface area contributed by atoms with Gasteiger partial charge in [0.05, 0.1) is 27.6 Å². The third-order valence-corrected chi connectivity index (χ3v) is 4.82. The van der Waals surface area contributed by atoms with Crippen LogP contribution in [-0.4, -0.2) is 9.13 Å². The summed E-state index contributed by atoms with van der Waals surface area (Å²) in [5.41, 5.74) is 4.09. The highest BCUT2D eigenvalue weighted by Crippen LogP contribution is 2.30. The van der Waals surface area contributed by atoms with Gasteiger partial charge in [-0.25, -0.2) is 4.85 Å².